The van der Waals surface area contributed by atoms with E-state index in [4.69, 9.17) is 10.8 Å². The maximum atomic E-state index is 11.9. The van der Waals surface area contributed by atoms with Crippen molar-refractivity contribution in [3.05, 3.63) is 29.8 Å². The second kappa shape index (κ2) is 7.44. The molecule has 0 aliphatic heterocycles. The standard InChI is InChI=1S/C11H16N2O4S.ClH/c1-8-2-4-10(5-3-8)18(16,17)13-9(7-12)6-11(14)15;/h2-5,9,13H,6-7,12H2,1H3,(H,14,15);1H/t9-;/m1./s1. The lowest BCUT2D eigenvalue weighted by Crippen LogP contribution is -2.41. The highest BCUT2D eigenvalue weighted by Crippen LogP contribution is 2.10. The lowest BCUT2D eigenvalue weighted by atomic mass is 10.2. The summed E-state index contributed by atoms with van der Waals surface area (Å²) in [5.74, 6) is -1.10. The highest BCUT2D eigenvalue weighted by Gasteiger charge is 2.20. The second-order valence-corrected chi connectivity index (χ2v) is 5.68. The maximum Gasteiger partial charge on any atom is 0.305 e. The van der Waals surface area contributed by atoms with Crippen molar-refractivity contribution >= 4 is 28.4 Å². The van der Waals surface area contributed by atoms with Crippen molar-refractivity contribution in [1.29, 1.82) is 0 Å². The summed E-state index contributed by atoms with van der Waals surface area (Å²) in [5, 5.41) is 8.63. The number of hydrogen-bond donors (Lipinski definition) is 3. The van der Waals surface area contributed by atoms with Gasteiger partial charge in [0.1, 0.15) is 0 Å². The minimum absolute atomic E-state index is 0. The smallest absolute Gasteiger partial charge is 0.305 e. The van der Waals surface area contributed by atoms with Crippen molar-refractivity contribution in [1.82, 2.24) is 4.72 Å². The molecule has 108 valence electrons. The summed E-state index contributed by atoms with van der Waals surface area (Å²) in [7, 11) is -3.73. The Hall–Kier alpha value is -1.15. The van der Waals surface area contributed by atoms with E-state index >= 15 is 0 Å². The van der Waals surface area contributed by atoms with E-state index < -0.39 is 22.0 Å². The third-order valence-corrected chi connectivity index (χ3v) is 3.90. The first-order valence-corrected chi connectivity index (χ1v) is 6.84. The Morgan fingerprint density at radius 2 is 1.89 bits per heavy atom. The fraction of sp³-hybridized carbons (Fsp3) is 0.364. The molecule has 0 aliphatic carbocycles. The lowest BCUT2D eigenvalue weighted by Gasteiger charge is -2.15. The largest absolute Gasteiger partial charge is 0.481 e. The number of aliphatic carboxylic acids is 1. The highest BCUT2D eigenvalue weighted by molar-refractivity contribution is 7.89. The normalized spacial score (nSPS) is 12.5. The van der Waals surface area contributed by atoms with E-state index in [1.165, 1.54) is 12.1 Å². The first kappa shape index (κ1) is 17.8. The summed E-state index contributed by atoms with van der Waals surface area (Å²) in [6.07, 6.45) is -0.346. The van der Waals surface area contributed by atoms with Crippen molar-refractivity contribution in [2.45, 2.75) is 24.3 Å². The van der Waals surface area contributed by atoms with Gasteiger partial charge in [0, 0.05) is 12.6 Å². The molecule has 0 bridgehead atoms. The van der Waals surface area contributed by atoms with Gasteiger partial charge in [-0.05, 0) is 19.1 Å². The highest BCUT2D eigenvalue weighted by atomic mass is 35.5. The lowest BCUT2D eigenvalue weighted by molar-refractivity contribution is -0.137. The van der Waals surface area contributed by atoms with Gasteiger partial charge in [0.25, 0.3) is 0 Å². The Balaban J connectivity index is 0.00000324. The van der Waals surface area contributed by atoms with Crippen LogP contribution in [0.4, 0.5) is 0 Å². The van der Waals surface area contributed by atoms with Crippen LogP contribution in [0.5, 0.6) is 0 Å². The van der Waals surface area contributed by atoms with E-state index in [9.17, 15) is 13.2 Å². The molecule has 0 unspecified atom stereocenters. The quantitative estimate of drug-likeness (QED) is 0.709. The van der Waals surface area contributed by atoms with Gasteiger partial charge < -0.3 is 10.8 Å². The molecule has 0 heterocycles. The summed E-state index contributed by atoms with van der Waals surface area (Å²) in [6.45, 7) is 1.77. The SMILES string of the molecule is Cc1ccc(S(=O)(=O)N[C@@H](CN)CC(=O)O)cc1.Cl. The van der Waals surface area contributed by atoms with E-state index in [2.05, 4.69) is 4.72 Å². The Morgan fingerprint density at radius 3 is 2.32 bits per heavy atom. The molecule has 0 saturated heterocycles. The van der Waals surface area contributed by atoms with Crippen LogP contribution in [0.3, 0.4) is 0 Å². The zero-order chi connectivity index (χ0) is 13.8. The van der Waals surface area contributed by atoms with Gasteiger partial charge in [0.05, 0.1) is 11.3 Å². The Labute approximate surface area is 118 Å². The van der Waals surface area contributed by atoms with Crippen LogP contribution in [0.1, 0.15) is 12.0 Å². The first-order valence-electron chi connectivity index (χ1n) is 5.36. The van der Waals surface area contributed by atoms with Crippen molar-refractivity contribution in [3.63, 3.8) is 0 Å². The van der Waals surface area contributed by atoms with Gasteiger partial charge in [-0.1, -0.05) is 17.7 Å². The molecule has 19 heavy (non-hydrogen) atoms. The predicted molar refractivity (Wildman–Crippen MR) is 73.8 cm³/mol. The zero-order valence-electron chi connectivity index (χ0n) is 10.4. The van der Waals surface area contributed by atoms with E-state index in [-0.39, 0.29) is 30.3 Å². The van der Waals surface area contributed by atoms with Gasteiger partial charge >= 0.3 is 5.97 Å². The fourth-order valence-electron chi connectivity index (χ4n) is 1.39. The number of sulfonamides is 1. The number of aryl methyl sites for hydroxylation is 1. The van der Waals surface area contributed by atoms with Gasteiger partial charge in [0.2, 0.25) is 10.0 Å². The van der Waals surface area contributed by atoms with Crippen molar-refractivity contribution in [2.75, 3.05) is 6.54 Å². The van der Waals surface area contributed by atoms with Gasteiger partial charge in [-0.25, -0.2) is 13.1 Å². The predicted octanol–water partition coefficient (Wildman–Crippen LogP) is 0.497. The summed E-state index contributed by atoms with van der Waals surface area (Å²) in [4.78, 5) is 10.6. The molecule has 1 aromatic rings. The fourth-order valence-corrected chi connectivity index (χ4v) is 2.64. The van der Waals surface area contributed by atoms with Crippen molar-refractivity contribution in [3.8, 4) is 0 Å². The summed E-state index contributed by atoms with van der Waals surface area (Å²) in [6, 6.07) is 5.46. The number of carboxylic acid groups (broad SMARTS) is 1. The molecule has 1 atom stereocenters. The number of halogens is 1. The number of carboxylic acids is 1. The van der Waals surface area contributed by atoms with Crippen molar-refractivity contribution in [2.24, 2.45) is 5.73 Å². The minimum Gasteiger partial charge on any atom is -0.481 e. The number of benzene rings is 1. The summed E-state index contributed by atoms with van der Waals surface area (Å²) < 4.78 is 26.1. The van der Waals surface area contributed by atoms with E-state index in [1.54, 1.807) is 12.1 Å². The number of rotatable bonds is 6. The molecule has 0 spiro atoms. The van der Waals surface area contributed by atoms with Crippen molar-refractivity contribution < 1.29 is 18.3 Å². The average Bonchev–Trinajstić information content (AvgIpc) is 2.27. The average molecular weight is 309 g/mol. The number of hydrogen-bond acceptors (Lipinski definition) is 4. The van der Waals surface area contributed by atoms with Crippen LogP contribution in [0.25, 0.3) is 0 Å². The Kier molecular flexibility index (Phi) is 6.99. The Morgan fingerprint density at radius 1 is 1.37 bits per heavy atom. The van der Waals surface area contributed by atoms with Gasteiger partial charge in [-0.15, -0.1) is 12.4 Å². The topological polar surface area (TPSA) is 109 Å². The third kappa shape index (κ3) is 5.56. The number of nitrogens with one attached hydrogen (secondary N) is 1. The van der Waals surface area contributed by atoms with Gasteiger partial charge in [0.15, 0.2) is 0 Å². The molecule has 6 nitrogen and oxygen atoms in total. The van der Waals surface area contributed by atoms with Crippen LogP contribution in [0, 0.1) is 6.92 Å². The first-order chi connectivity index (χ1) is 8.35. The zero-order valence-corrected chi connectivity index (χ0v) is 12.0. The molecule has 0 saturated carbocycles. The molecule has 0 aliphatic rings. The van der Waals surface area contributed by atoms with Crippen LogP contribution in [0.2, 0.25) is 0 Å². The van der Waals surface area contributed by atoms with Crippen LogP contribution < -0.4 is 10.5 Å². The molecule has 4 N–H and O–H groups in total. The van der Waals surface area contributed by atoms with Crippen LogP contribution >= 0.6 is 12.4 Å². The molecule has 0 fully saturated rings. The molecule has 1 rings (SSSR count). The van der Waals surface area contributed by atoms with Gasteiger partial charge in [-0.3, -0.25) is 4.79 Å². The Bertz CT molecular complexity index is 516. The van der Waals surface area contributed by atoms with Crippen LogP contribution in [0.15, 0.2) is 29.2 Å². The second-order valence-electron chi connectivity index (χ2n) is 3.96. The summed E-state index contributed by atoms with van der Waals surface area (Å²) >= 11 is 0. The monoisotopic (exact) mass is 308 g/mol. The van der Waals surface area contributed by atoms with E-state index in [0.29, 0.717) is 0 Å². The number of carbonyl (C=O) groups is 1. The third-order valence-electron chi connectivity index (χ3n) is 2.36. The van der Waals surface area contributed by atoms with E-state index in [1.807, 2.05) is 6.92 Å². The summed E-state index contributed by atoms with van der Waals surface area (Å²) in [5.41, 5.74) is 6.28. The van der Waals surface area contributed by atoms with E-state index in [0.717, 1.165) is 5.56 Å². The molecular formula is C11H17ClN2O4S. The molecular weight excluding hydrogens is 292 g/mol. The molecule has 1 aromatic carbocycles. The maximum absolute atomic E-state index is 11.9. The molecule has 8 heteroatoms. The van der Waals surface area contributed by atoms with Crippen LogP contribution in [-0.4, -0.2) is 32.1 Å². The molecule has 0 amide bonds. The van der Waals surface area contributed by atoms with Crippen LogP contribution in [-0.2, 0) is 14.8 Å². The minimum atomic E-state index is -3.73. The number of nitrogens with two attached hydrogens (primary N) is 1. The molecule has 0 aromatic heterocycles. The van der Waals surface area contributed by atoms with Gasteiger partial charge in [-0.2, -0.15) is 0 Å². The molecule has 0 radical (unpaired) electrons.